The third kappa shape index (κ3) is 5.05. The third-order valence-electron chi connectivity index (χ3n) is 6.85. The van der Waals surface area contributed by atoms with Crippen LogP contribution in [0.4, 0.5) is 11.4 Å². The summed E-state index contributed by atoms with van der Waals surface area (Å²) in [5.74, 6) is 2.36. The summed E-state index contributed by atoms with van der Waals surface area (Å²) in [4.78, 5) is 13.9. The summed E-state index contributed by atoms with van der Waals surface area (Å²) in [6.45, 7) is 4.02. The summed E-state index contributed by atoms with van der Waals surface area (Å²) in [6.07, 6.45) is 1.26. The number of halogens is 1. The molecule has 7 heteroatoms. The zero-order valence-corrected chi connectivity index (χ0v) is 23.0. The van der Waals surface area contributed by atoms with Crippen LogP contribution in [0.3, 0.4) is 0 Å². The second-order valence-electron chi connectivity index (χ2n) is 9.63. The molecule has 2 atom stereocenters. The summed E-state index contributed by atoms with van der Waals surface area (Å²) < 4.78 is 17.9. The second-order valence-corrected chi connectivity index (χ2v) is 10.5. The minimum Gasteiger partial charge on any atom is -0.496 e. The van der Waals surface area contributed by atoms with Crippen LogP contribution in [0.5, 0.6) is 17.2 Å². The van der Waals surface area contributed by atoms with Gasteiger partial charge in [-0.1, -0.05) is 24.3 Å². The standard InChI is InChI=1S/C30H31BrN2O4/c1-17(2)37-20-11-9-18(10-12-20)19-13-25-29(26(34)14-19)30(33-24-8-6-5-7-23(24)32-25)21-15-28(36-4)22(31)16-27(21)35-3/h5-12,15-17,19,30,32-33H,13-14H2,1-4H3. The van der Waals surface area contributed by atoms with E-state index >= 15 is 0 Å². The number of rotatable bonds is 6. The van der Waals surface area contributed by atoms with Gasteiger partial charge in [0.05, 0.1) is 42.2 Å². The van der Waals surface area contributed by atoms with Crippen LogP contribution in [-0.4, -0.2) is 26.1 Å². The minimum absolute atomic E-state index is 0.0686. The maximum absolute atomic E-state index is 13.9. The Morgan fingerprint density at radius 1 is 0.919 bits per heavy atom. The van der Waals surface area contributed by atoms with Crippen molar-refractivity contribution < 1.29 is 19.0 Å². The Hall–Kier alpha value is -3.45. The molecule has 0 saturated carbocycles. The molecule has 1 aliphatic heterocycles. The summed E-state index contributed by atoms with van der Waals surface area (Å²) >= 11 is 3.55. The number of fused-ring (bicyclic) bond motifs is 1. The topological polar surface area (TPSA) is 68.8 Å². The number of methoxy groups -OCH3 is 2. The molecule has 1 aliphatic carbocycles. The fourth-order valence-electron chi connectivity index (χ4n) is 5.16. The zero-order chi connectivity index (χ0) is 26.1. The van der Waals surface area contributed by atoms with Crippen molar-refractivity contribution in [2.75, 3.05) is 24.9 Å². The van der Waals surface area contributed by atoms with E-state index in [0.717, 1.165) is 44.0 Å². The number of nitrogens with one attached hydrogen (secondary N) is 2. The molecule has 2 N–H and O–H groups in total. The predicted octanol–water partition coefficient (Wildman–Crippen LogP) is 7.23. The second kappa shape index (κ2) is 10.5. The van der Waals surface area contributed by atoms with Crippen molar-refractivity contribution in [1.29, 1.82) is 0 Å². The molecule has 6 nitrogen and oxygen atoms in total. The van der Waals surface area contributed by atoms with E-state index in [2.05, 4.69) is 38.7 Å². The van der Waals surface area contributed by atoms with Crippen LogP contribution < -0.4 is 24.8 Å². The van der Waals surface area contributed by atoms with Crippen molar-refractivity contribution in [2.24, 2.45) is 0 Å². The van der Waals surface area contributed by atoms with E-state index in [1.165, 1.54) is 0 Å². The number of hydrogen-bond acceptors (Lipinski definition) is 6. The average molecular weight is 563 g/mol. The Kier molecular flexibility index (Phi) is 7.15. The van der Waals surface area contributed by atoms with Crippen LogP contribution in [-0.2, 0) is 4.79 Å². The Labute approximate surface area is 226 Å². The molecule has 2 unspecified atom stereocenters. The molecule has 0 bridgehead atoms. The number of carbonyl (C=O) groups excluding carboxylic acids is 1. The van der Waals surface area contributed by atoms with Crippen LogP contribution in [0, 0.1) is 0 Å². The van der Waals surface area contributed by atoms with Gasteiger partial charge in [-0.15, -0.1) is 0 Å². The molecule has 0 fully saturated rings. The van der Waals surface area contributed by atoms with E-state index < -0.39 is 6.04 Å². The number of para-hydroxylation sites is 2. The third-order valence-corrected chi connectivity index (χ3v) is 7.47. The smallest absolute Gasteiger partial charge is 0.163 e. The molecule has 3 aromatic rings. The molecular weight excluding hydrogens is 532 g/mol. The average Bonchev–Trinajstić information content (AvgIpc) is 3.05. The van der Waals surface area contributed by atoms with E-state index in [9.17, 15) is 4.79 Å². The van der Waals surface area contributed by atoms with Gasteiger partial charge in [0.25, 0.3) is 0 Å². The summed E-state index contributed by atoms with van der Waals surface area (Å²) in [6, 6.07) is 19.6. The van der Waals surface area contributed by atoms with Gasteiger partial charge in [0.2, 0.25) is 0 Å². The van der Waals surface area contributed by atoms with Gasteiger partial charge >= 0.3 is 0 Å². The van der Waals surface area contributed by atoms with E-state index in [4.69, 9.17) is 14.2 Å². The molecule has 3 aromatic carbocycles. The lowest BCUT2D eigenvalue weighted by Gasteiger charge is -2.30. The van der Waals surface area contributed by atoms with E-state index in [1.54, 1.807) is 14.2 Å². The summed E-state index contributed by atoms with van der Waals surface area (Å²) in [5.41, 5.74) is 5.49. The lowest BCUT2D eigenvalue weighted by molar-refractivity contribution is -0.116. The van der Waals surface area contributed by atoms with Crippen LogP contribution in [0.1, 0.15) is 49.8 Å². The van der Waals surface area contributed by atoms with E-state index in [0.29, 0.717) is 24.3 Å². The fourth-order valence-corrected chi connectivity index (χ4v) is 5.65. The molecule has 5 rings (SSSR count). The highest BCUT2D eigenvalue weighted by Gasteiger charge is 2.37. The number of allylic oxidation sites excluding steroid dienone is 1. The van der Waals surface area contributed by atoms with Crippen LogP contribution in [0.2, 0.25) is 0 Å². The fraction of sp³-hybridized carbons (Fsp3) is 0.300. The SMILES string of the molecule is COc1cc(C2Nc3ccccc3NC3=C2C(=O)CC(c2ccc(OC(C)C)cc2)C3)c(OC)cc1Br. The number of benzene rings is 3. The van der Waals surface area contributed by atoms with Gasteiger partial charge in [0.15, 0.2) is 5.78 Å². The quantitative estimate of drug-likeness (QED) is 0.330. The summed E-state index contributed by atoms with van der Waals surface area (Å²) in [7, 11) is 3.27. The number of carbonyl (C=O) groups is 1. The molecule has 37 heavy (non-hydrogen) atoms. The van der Waals surface area contributed by atoms with Gasteiger partial charge in [0, 0.05) is 23.3 Å². The van der Waals surface area contributed by atoms with Gasteiger partial charge in [-0.2, -0.15) is 0 Å². The Morgan fingerprint density at radius 3 is 2.30 bits per heavy atom. The first-order chi connectivity index (χ1) is 17.9. The normalized spacial score (nSPS) is 18.8. The Balaban J connectivity index is 1.58. The van der Waals surface area contributed by atoms with Crippen LogP contribution >= 0.6 is 15.9 Å². The maximum atomic E-state index is 13.9. The molecule has 0 aromatic heterocycles. The lowest BCUT2D eigenvalue weighted by atomic mass is 9.78. The highest BCUT2D eigenvalue weighted by Crippen LogP contribution is 2.47. The van der Waals surface area contributed by atoms with Crippen molar-refractivity contribution in [3.8, 4) is 17.2 Å². The van der Waals surface area contributed by atoms with Gasteiger partial charge in [-0.3, -0.25) is 4.79 Å². The zero-order valence-electron chi connectivity index (χ0n) is 21.4. The number of ether oxygens (including phenoxy) is 3. The molecule has 0 amide bonds. The first-order valence-corrected chi connectivity index (χ1v) is 13.2. The molecular formula is C30H31BrN2O4. The highest BCUT2D eigenvalue weighted by atomic mass is 79.9. The first-order valence-electron chi connectivity index (χ1n) is 12.4. The molecule has 2 aliphatic rings. The van der Waals surface area contributed by atoms with Crippen molar-refractivity contribution in [3.63, 3.8) is 0 Å². The van der Waals surface area contributed by atoms with Crippen molar-refractivity contribution >= 4 is 33.1 Å². The van der Waals surface area contributed by atoms with Gasteiger partial charge in [-0.05, 0) is 84.1 Å². The number of ketones is 1. The maximum Gasteiger partial charge on any atom is 0.163 e. The number of hydrogen-bond donors (Lipinski definition) is 2. The largest absolute Gasteiger partial charge is 0.496 e. The van der Waals surface area contributed by atoms with E-state index in [-0.39, 0.29) is 17.8 Å². The number of anilines is 2. The molecule has 0 radical (unpaired) electrons. The van der Waals surface area contributed by atoms with Crippen molar-refractivity contribution in [2.45, 2.75) is 44.8 Å². The van der Waals surface area contributed by atoms with Crippen LogP contribution in [0.15, 0.2) is 76.4 Å². The molecule has 0 spiro atoms. The minimum atomic E-state index is -0.404. The highest BCUT2D eigenvalue weighted by molar-refractivity contribution is 9.10. The first kappa shape index (κ1) is 25.2. The lowest BCUT2D eigenvalue weighted by Crippen LogP contribution is -2.27. The molecule has 0 saturated heterocycles. The number of Topliss-reactive ketones (excluding diaryl/α,β-unsaturated/α-hetero) is 1. The van der Waals surface area contributed by atoms with E-state index in [1.807, 2.05) is 62.4 Å². The van der Waals surface area contributed by atoms with Crippen LogP contribution in [0.25, 0.3) is 0 Å². The van der Waals surface area contributed by atoms with Gasteiger partial charge < -0.3 is 24.8 Å². The Bertz CT molecular complexity index is 1350. The monoisotopic (exact) mass is 562 g/mol. The molecule has 192 valence electrons. The Morgan fingerprint density at radius 2 is 1.62 bits per heavy atom. The van der Waals surface area contributed by atoms with Crippen molar-refractivity contribution in [3.05, 3.63) is 87.5 Å². The van der Waals surface area contributed by atoms with Gasteiger partial charge in [0.1, 0.15) is 17.2 Å². The predicted molar refractivity (Wildman–Crippen MR) is 150 cm³/mol. The molecule has 1 heterocycles. The van der Waals surface area contributed by atoms with Crippen molar-refractivity contribution in [1.82, 2.24) is 0 Å². The van der Waals surface area contributed by atoms with Gasteiger partial charge in [-0.25, -0.2) is 0 Å². The summed E-state index contributed by atoms with van der Waals surface area (Å²) in [5, 5.41) is 7.22.